The van der Waals surface area contributed by atoms with Gasteiger partial charge in [-0.25, -0.2) is 4.99 Å². The van der Waals surface area contributed by atoms with Crippen molar-refractivity contribution in [2.45, 2.75) is 33.4 Å². The Hall–Kier alpha value is -2.89. The zero-order chi connectivity index (χ0) is 17.6. The lowest BCUT2D eigenvalue weighted by molar-refractivity contribution is 0.387. The molecule has 2 N–H and O–H groups in total. The van der Waals surface area contributed by atoms with Gasteiger partial charge in [-0.05, 0) is 36.2 Å². The number of nitrogens with zero attached hydrogens (tertiary/aromatic N) is 3. The highest BCUT2D eigenvalue weighted by molar-refractivity contribution is 5.84. The van der Waals surface area contributed by atoms with Crippen molar-refractivity contribution in [3.05, 3.63) is 59.7 Å². The summed E-state index contributed by atoms with van der Waals surface area (Å²) in [5.41, 5.74) is 1.21. The van der Waals surface area contributed by atoms with Crippen LogP contribution in [0.2, 0.25) is 0 Å². The molecule has 0 spiro atoms. The van der Waals surface area contributed by atoms with Crippen molar-refractivity contribution in [1.29, 1.82) is 0 Å². The number of hydrogen-bond donors (Lipinski definition) is 2. The fourth-order valence-corrected chi connectivity index (χ4v) is 2.64. The van der Waals surface area contributed by atoms with Crippen LogP contribution in [-0.4, -0.2) is 22.6 Å². The molecule has 0 aliphatic rings. The van der Waals surface area contributed by atoms with E-state index in [1.165, 1.54) is 16.3 Å². The number of benzene rings is 2. The van der Waals surface area contributed by atoms with Crippen LogP contribution < -0.4 is 10.6 Å². The molecule has 0 bridgehead atoms. The summed E-state index contributed by atoms with van der Waals surface area (Å²) in [6.45, 7) is 7.08. The summed E-state index contributed by atoms with van der Waals surface area (Å²) in [6, 6.07) is 15.0. The van der Waals surface area contributed by atoms with Crippen molar-refractivity contribution < 1.29 is 4.52 Å². The van der Waals surface area contributed by atoms with Gasteiger partial charge in [0.1, 0.15) is 6.54 Å². The number of aryl methyl sites for hydroxylation is 1. The molecule has 0 radical (unpaired) electrons. The lowest BCUT2D eigenvalue weighted by Gasteiger charge is -2.18. The molecule has 1 unspecified atom stereocenters. The molecule has 3 rings (SSSR count). The van der Waals surface area contributed by atoms with E-state index >= 15 is 0 Å². The maximum absolute atomic E-state index is 4.98. The molecule has 0 amide bonds. The van der Waals surface area contributed by atoms with E-state index in [-0.39, 0.29) is 6.04 Å². The molecular weight excluding hydrogens is 314 g/mol. The summed E-state index contributed by atoms with van der Waals surface area (Å²) >= 11 is 0. The van der Waals surface area contributed by atoms with Crippen LogP contribution in [0, 0.1) is 6.92 Å². The van der Waals surface area contributed by atoms with Crippen molar-refractivity contribution in [2.75, 3.05) is 6.54 Å². The lowest BCUT2D eigenvalue weighted by Crippen LogP contribution is -2.38. The molecule has 1 aromatic heterocycles. The number of rotatable bonds is 5. The fourth-order valence-electron chi connectivity index (χ4n) is 2.64. The highest BCUT2D eigenvalue weighted by Crippen LogP contribution is 2.20. The molecule has 3 aromatic rings. The van der Waals surface area contributed by atoms with E-state index in [0.29, 0.717) is 18.3 Å². The molecule has 6 nitrogen and oxygen atoms in total. The first-order chi connectivity index (χ1) is 12.2. The molecular formula is C19H23N5O. The average molecular weight is 337 g/mol. The Labute approximate surface area is 147 Å². The SMILES string of the molecule is CCNC(=NCc1noc(C)n1)NC(C)c1ccc2ccccc2c1. The van der Waals surface area contributed by atoms with E-state index in [1.54, 1.807) is 6.92 Å². The van der Waals surface area contributed by atoms with Crippen LogP contribution in [0.3, 0.4) is 0 Å². The van der Waals surface area contributed by atoms with Gasteiger partial charge < -0.3 is 15.2 Å². The molecule has 0 aliphatic heterocycles. The Morgan fingerprint density at radius 2 is 2.00 bits per heavy atom. The van der Waals surface area contributed by atoms with E-state index in [4.69, 9.17) is 4.52 Å². The van der Waals surface area contributed by atoms with Crippen LogP contribution in [0.1, 0.15) is 37.2 Å². The zero-order valence-corrected chi connectivity index (χ0v) is 14.8. The van der Waals surface area contributed by atoms with Crippen LogP contribution >= 0.6 is 0 Å². The normalized spacial score (nSPS) is 13.0. The van der Waals surface area contributed by atoms with Crippen LogP contribution in [0.5, 0.6) is 0 Å². The van der Waals surface area contributed by atoms with Crippen LogP contribution in [0.25, 0.3) is 10.8 Å². The predicted octanol–water partition coefficient (Wildman–Crippen LogP) is 3.35. The van der Waals surface area contributed by atoms with E-state index in [1.807, 2.05) is 6.92 Å². The van der Waals surface area contributed by atoms with E-state index in [0.717, 1.165) is 12.5 Å². The fraction of sp³-hybridized carbons (Fsp3) is 0.316. The van der Waals surface area contributed by atoms with Gasteiger partial charge in [0, 0.05) is 13.5 Å². The topological polar surface area (TPSA) is 75.3 Å². The largest absolute Gasteiger partial charge is 0.357 e. The third-order valence-corrected chi connectivity index (χ3v) is 3.92. The van der Waals surface area contributed by atoms with Gasteiger partial charge in [-0.1, -0.05) is 41.6 Å². The molecule has 6 heteroatoms. The molecule has 0 fully saturated rings. The number of nitrogens with one attached hydrogen (secondary N) is 2. The third-order valence-electron chi connectivity index (χ3n) is 3.92. The minimum absolute atomic E-state index is 0.120. The number of hydrogen-bond acceptors (Lipinski definition) is 4. The molecule has 2 aromatic carbocycles. The van der Waals surface area contributed by atoms with Gasteiger partial charge in [0.15, 0.2) is 11.8 Å². The third kappa shape index (κ3) is 4.35. The van der Waals surface area contributed by atoms with Crippen molar-refractivity contribution >= 4 is 16.7 Å². The standard InChI is InChI=1S/C19H23N5O/c1-4-20-19(21-12-18-23-14(3)25-24-18)22-13(2)16-10-9-15-7-5-6-8-17(15)11-16/h5-11,13H,4,12H2,1-3H3,(H2,20,21,22). The number of aromatic nitrogens is 2. The number of fused-ring (bicyclic) bond motifs is 1. The van der Waals surface area contributed by atoms with Gasteiger partial charge in [0.25, 0.3) is 0 Å². The first kappa shape index (κ1) is 17.0. The quantitative estimate of drug-likeness (QED) is 0.552. The monoisotopic (exact) mass is 337 g/mol. The van der Waals surface area contributed by atoms with Gasteiger partial charge in [-0.3, -0.25) is 0 Å². The first-order valence-electron chi connectivity index (χ1n) is 8.48. The lowest BCUT2D eigenvalue weighted by atomic mass is 10.0. The number of aliphatic imine (C=N–C) groups is 1. The smallest absolute Gasteiger partial charge is 0.223 e. The van der Waals surface area contributed by atoms with E-state index < -0.39 is 0 Å². The van der Waals surface area contributed by atoms with E-state index in [2.05, 4.69) is 75.2 Å². The van der Waals surface area contributed by atoms with Crippen LogP contribution in [-0.2, 0) is 6.54 Å². The maximum Gasteiger partial charge on any atom is 0.223 e. The van der Waals surface area contributed by atoms with Gasteiger partial charge in [0.2, 0.25) is 5.89 Å². The molecule has 25 heavy (non-hydrogen) atoms. The minimum atomic E-state index is 0.120. The summed E-state index contributed by atoms with van der Waals surface area (Å²) in [5.74, 6) is 1.85. The first-order valence-corrected chi connectivity index (χ1v) is 8.48. The second-order valence-electron chi connectivity index (χ2n) is 5.90. The summed E-state index contributed by atoms with van der Waals surface area (Å²) in [7, 11) is 0. The Morgan fingerprint density at radius 1 is 1.20 bits per heavy atom. The molecule has 130 valence electrons. The highest BCUT2D eigenvalue weighted by atomic mass is 16.5. The van der Waals surface area contributed by atoms with Crippen molar-refractivity contribution in [3.8, 4) is 0 Å². The Morgan fingerprint density at radius 3 is 2.72 bits per heavy atom. The molecule has 0 saturated carbocycles. The maximum atomic E-state index is 4.98. The second-order valence-corrected chi connectivity index (χ2v) is 5.90. The Kier molecular flexibility index (Phi) is 5.28. The highest BCUT2D eigenvalue weighted by Gasteiger charge is 2.09. The Bertz CT molecular complexity index is 871. The average Bonchev–Trinajstić information content (AvgIpc) is 3.04. The zero-order valence-electron chi connectivity index (χ0n) is 14.8. The van der Waals surface area contributed by atoms with E-state index in [9.17, 15) is 0 Å². The van der Waals surface area contributed by atoms with Crippen LogP contribution in [0.4, 0.5) is 0 Å². The van der Waals surface area contributed by atoms with Gasteiger partial charge >= 0.3 is 0 Å². The summed E-state index contributed by atoms with van der Waals surface area (Å²) in [5, 5.41) is 13.0. The molecule has 0 aliphatic carbocycles. The molecule has 1 heterocycles. The predicted molar refractivity (Wildman–Crippen MR) is 99.3 cm³/mol. The van der Waals surface area contributed by atoms with Crippen molar-refractivity contribution in [2.24, 2.45) is 4.99 Å². The summed E-state index contributed by atoms with van der Waals surface area (Å²) in [6.07, 6.45) is 0. The second kappa shape index (κ2) is 7.79. The van der Waals surface area contributed by atoms with Gasteiger partial charge in [-0.2, -0.15) is 4.98 Å². The summed E-state index contributed by atoms with van der Waals surface area (Å²) in [4.78, 5) is 8.71. The molecule has 0 saturated heterocycles. The minimum Gasteiger partial charge on any atom is -0.357 e. The number of guanidine groups is 1. The van der Waals surface area contributed by atoms with Crippen molar-refractivity contribution in [1.82, 2.24) is 20.8 Å². The van der Waals surface area contributed by atoms with Gasteiger partial charge in [0.05, 0.1) is 6.04 Å². The molecule has 1 atom stereocenters. The van der Waals surface area contributed by atoms with Crippen LogP contribution in [0.15, 0.2) is 52.0 Å². The van der Waals surface area contributed by atoms with Crippen molar-refractivity contribution in [3.63, 3.8) is 0 Å². The summed E-state index contributed by atoms with van der Waals surface area (Å²) < 4.78 is 4.98. The van der Waals surface area contributed by atoms with Gasteiger partial charge in [-0.15, -0.1) is 0 Å². The Balaban J connectivity index is 1.73.